The van der Waals surface area contributed by atoms with Gasteiger partial charge in [-0.05, 0) is 19.4 Å². The molecule has 1 amide bonds. The van der Waals surface area contributed by atoms with Crippen LogP contribution in [0.25, 0.3) is 11.4 Å². The largest absolute Gasteiger partial charge is 0.391 e. The summed E-state index contributed by atoms with van der Waals surface area (Å²) >= 11 is 0. The van der Waals surface area contributed by atoms with Crippen LogP contribution in [0, 0.1) is 12.8 Å². The molecule has 27 heavy (non-hydrogen) atoms. The number of carbonyl (C=O) groups excluding carboxylic acids is 1. The van der Waals surface area contributed by atoms with Crippen molar-refractivity contribution in [3.63, 3.8) is 0 Å². The molecule has 2 aromatic heterocycles. The van der Waals surface area contributed by atoms with Crippen LogP contribution in [-0.4, -0.2) is 54.9 Å². The number of nitrogens with zero attached hydrogens (tertiary/aromatic N) is 4. The van der Waals surface area contributed by atoms with Crippen LogP contribution in [0.1, 0.15) is 11.4 Å². The van der Waals surface area contributed by atoms with Gasteiger partial charge in [0.05, 0.1) is 11.8 Å². The molecule has 4 rings (SSSR count). The maximum absolute atomic E-state index is 12.8. The average molecular weight is 365 g/mol. The van der Waals surface area contributed by atoms with Crippen molar-refractivity contribution in [1.82, 2.24) is 24.6 Å². The summed E-state index contributed by atoms with van der Waals surface area (Å²) in [5.74, 6) is 0.769. The zero-order chi connectivity index (χ0) is 18.8. The molecule has 3 heterocycles. The van der Waals surface area contributed by atoms with E-state index in [1.807, 2.05) is 54.1 Å². The van der Waals surface area contributed by atoms with E-state index >= 15 is 0 Å². The molecule has 1 fully saturated rings. The number of rotatable bonds is 5. The number of aryl methyl sites for hydroxylation is 1. The van der Waals surface area contributed by atoms with Gasteiger partial charge in [-0.25, -0.2) is 4.98 Å². The Morgan fingerprint density at radius 1 is 1.30 bits per heavy atom. The second-order valence-corrected chi connectivity index (χ2v) is 7.12. The number of carbonyl (C=O) groups is 1. The molecule has 0 saturated carbocycles. The van der Waals surface area contributed by atoms with E-state index in [0.717, 1.165) is 22.8 Å². The van der Waals surface area contributed by atoms with Gasteiger partial charge in [-0.3, -0.25) is 9.89 Å². The lowest BCUT2D eigenvalue weighted by atomic mass is 10.0. The molecule has 1 aliphatic rings. The lowest BCUT2D eigenvalue weighted by Crippen LogP contribution is -2.32. The maximum Gasteiger partial charge on any atom is 0.242 e. The predicted molar refractivity (Wildman–Crippen MR) is 101 cm³/mol. The normalized spacial score (nSPS) is 19.6. The Labute approximate surface area is 157 Å². The van der Waals surface area contributed by atoms with E-state index in [0.29, 0.717) is 19.5 Å². The highest BCUT2D eigenvalue weighted by Gasteiger charge is 2.34. The fourth-order valence-electron chi connectivity index (χ4n) is 3.64. The van der Waals surface area contributed by atoms with Crippen molar-refractivity contribution in [2.45, 2.75) is 26.0 Å². The number of aromatic amines is 1. The summed E-state index contributed by atoms with van der Waals surface area (Å²) in [6, 6.07) is 11.8. The standard InChI is InChI=1S/C20H23N5O2/c1-14-9-17(23-22-14)10-16-11-25(12-18(16)26)19(27)13-24-8-7-21-20(24)15-5-3-2-4-6-15/h2-9,16,18,26H,10-13H2,1H3,(H,22,23)/t16-,18-/m1/s1. The van der Waals surface area contributed by atoms with Crippen LogP contribution in [0.5, 0.6) is 0 Å². The van der Waals surface area contributed by atoms with Crippen molar-refractivity contribution in [3.8, 4) is 11.4 Å². The van der Waals surface area contributed by atoms with Crippen molar-refractivity contribution in [1.29, 1.82) is 0 Å². The third-order valence-electron chi connectivity index (χ3n) is 5.04. The Morgan fingerprint density at radius 3 is 2.85 bits per heavy atom. The number of aliphatic hydroxyl groups is 1. The topological polar surface area (TPSA) is 87.0 Å². The predicted octanol–water partition coefficient (Wildman–Crippen LogP) is 1.64. The molecule has 0 bridgehead atoms. The Kier molecular flexibility index (Phi) is 4.77. The fourth-order valence-corrected chi connectivity index (χ4v) is 3.64. The zero-order valence-electron chi connectivity index (χ0n) is 15.2. The van der Waals surface area contributed by atoms with Crippen LogP contribution in [0.15, 0.2) is 48.8 Å². The number of aliphatic hydroxyl groups excluding tert-OH is 1. The van der Waals surface area contributed by atoms with E-state index in [-0.39, 0.29) is 18.4 Å². The molecule has 0 radical (unpaired) electrons. The van der Waals surface area contributed by atoms with Gasteiger partial charge in [0.2, 0.25) is 5.91 Å². The van der Waals surface area contributed by atoms with Crippen LogP contribution in [0.3, 0.4) is 0 Å². The van der Waals surface area contributed by atoms with Gasteiger partial charge in [0.15, 0.2) is 0 Å². The number of H-pyrrole nitrogens is 1. The number of hydrogen-bond donors (Lipinski definition) is 2. The lowest BCUT2D eigenvalue weighted by Gasteiger charge is -2.17. The summed E-state index contributed by atoms with van der Waals surface area (Å²) in [5.41, 5.74) is 2.90. The minimum absolute atomic E-state index is 0.00744. The van der Waals surface area contributed by atoms with Gasteiger partial charge in [0.1, 0.15) is 12.4 Å². The third-order valence-corrected chi connectivity index (χ3v) is 5.04. The van der Waals surface area contributed by atoms with Gasteiger partial charge < -0.3 is 14.6 Å². The van der Waals surface area contributed by atoms with Crippen molar-refractivity contribution in [2.24, 2.45) is 5.92 Å². The number of benzene rings is 1. The summed E-state index contributed by atoms with van der Waals surface area (Å²) in [6.45, 7) is 3.07. The number of likely N-dealkylation sites (tertiary alicyclic amines) is 1. The van der Waals surface area contributed by atoms with E-state index in [9.17, 15) is 9.90 Å². The molecule has 140 valence electrons. The first-order chi connectivity index (χ1) is 13.1. The average Bonchev–Trinajstić information content (AvgIpc) is 3.38. The van der Waals surface area contributed by atoms with E-state index in [2.05, 4.69) is 15.2 Å². The molecule has 1 aromatic carbocycles. The second kappa shape index (κ2) is 7.36. The molecule has 7 heteroatoms. The molecule has 1 saturated heterocycles. The van der Waals surface area contributed by atoms with E-state index in [1.165, 1.54) is 0 Å². The summed E-state index contributed by atoms with van der Waals surface area (Å²) in [4.78, 5) is 18.9. The summed E-state index contributed by atoms with van der Waals surface area (Å²) < 4.78 is 1.86. The Morgan fingerprint density at radius 2 is 2.11 bits per heavy atom. The highest BCUT2D eigenvalue weighted by molar-refractivity contribution is 5.77. The second-order valence-electron chi connectivity index (χ2n) is 7.12. The lowest BCUT2D eigenvalue weighted by molar-refractivity contribution is -0.131. The molecule has 7 nitrogen and oxygen atoms in total. The quantitative estimate of drug-likeness (QED) is 0.720. The molecule has 0 unspecified atom stereocenters. The number of aromatic nitrogens is 4. The van der Waals surface area contributed by atoms with Crippen LogP contribution < -0.4 is 0 Å². The smallest absolute Gasteiger partial charge is 0.242 e. The van der Waals surface area contributed by atoms with Crippen molar-refractivity contribution in [3.05, 3.63) is 60.2 Å². The van der Waals surface area contributed by atoms with Gasteiger partial charge in [-0.2, -0.15) is 5.10 Å². The molecule has 0 aliphatic carbocycles. The highest BCUT2D eigenvalue weighted by Crippen LogP contribution is 2.22. The summed E-state index contributed by atoms with van der Waals surface area (Å²) in [6.07, 6.45) is 3.66. The van der Waals surface area contributed by atoms with Crippen LogP contribution in [0.4, 0.5) is 0 Å². The Balaban J connectivity index is 1.42. The van der Waals surface area contributed by atoms with Gasteiger partial charge in [-0.1, -0.05) is 30.3 Å². The van der Waals surface area contributed by atoms with Crippen molar-refractivity contribution in [2.75, 3.05) is 13.1 Å². The minimum Gasteiger partial charge on any atom is -0.391 e. The molecular formula is C20H23N5O2. The fraction of sp³-hybridized carbons (Fsp3) is 0.350. The monoisotopic (exact) mass is 365 g/mol. The summed E-state index contributed by atoms with van der Waals surface area (Å²) in [5, 5.41) is 17.5. The molecule has 3 aromatic rings. The first-order valence-electron chi connectivity index (χ1n) is 9.13. The molecule has 2 N–H and O–H groups in total. The number of nitrogens with one attached hydrogen (secondary N) is 1. The van der Waals surface area contributed by atoms with Crippen LogP contribution in [0.2, 0.25) is 0 Å². The van der Waals surface area contributed by atoms with Crippen LogP contribution >= 0.6 is 0 Å². The zero-order valence-corrected chi connectivity index (χ0v) is 15.2. The van der Waals surface area contributed by atoms with Gasteiger partial charge in [-0.15, -0.1) is 0 Å². The van der Waals surface area contributed by atoms with Gasteiger partial charge >= 0.3 is 0 Å². The Bertz CT molecular complexity index is 917. The third kappa shape index (κ3) is 3.78. The SMILES string of the molecule is Cc1cc(C[C@@H]2CN(C(=O)Cn3ccnc3-c3ccccc3)C[C@H]2O)n[nH]1. The summed E-state index contributed by atoms with van der Waals surface area (Å²) in [7, 11) is 0. The minimum atomic E-state index is -0.526. The first kappa shape index (κ1) is 17.5. The van der Waals surface area contributed by atoms with Gasteiger partial charge in [0.25, 0.3) is 0 Å². The number of imidazole rings is 1. The maximum atomic E-state index is 12.8. The Hall–Kier alpha value is -2.93. The van der Waals surface area contributed by atoms with Crippen molar-refractivity contribution >= 4 is 5.91 Å². The molecule has 2 atom stereocenters. The van der Waals surface area contributed by atoms with E-state index < -0.39 is 6.10 Å². The van der Waals surface area contributed by atoms with E-state index in [1.54, 1.807) is 11.1 Å². The van der Waals surface area contributed by atoms with Crippen molar-refractivity contribution < 1.29 is 9.90 Å². The number of hydrogen-bond acceptors (Lipinski definition) is 4. The molecule has 1 aliphatic heterocycles. The molecular weight excluding hydrogens is 342 g/mol. The van der Waals surface area contributed by atoms with Gasteiger partial charge in [0, 0.05) is 42.7 Å². The first-order valence-corrected chi connectivity index (χ1v) is 9.13. The number of amides is 1. The number of β-amino-alcohol motifs (C(OH)–C–C–N with tert-alkyl or cyclic N) is 1. The van der Waals surface area contributed by atoms with Crippen LogP contribution in [-0.2, 0) is 17.8 Å². The van der Waals surface area contributed by atoms with E-state index in [4.69, 9.17) is 0 Å². The highest BCUT2D eigenvalue weighted by atomic mass is 16.3. The molecule has 0 spiro atoms.